The van der Waals surface area contributed by atoms with Crippen molar-refractivity contribution in [3.05, 3.63) is 27.7 Å². The Labute approximate surface area is 94.3 Å². The van der Waals surface area contributed by atoms with Gasteiger partial charge in [-0.05, 0) is 46.0 Å². The van der Waals surface area contributed by atoms with Gasteiger partial charge in [0.15, 0.2) is 0 Å². The summed E-state index contributed by atoms with van der Waals surface area (Å²) in [5, 5.41) is 9.77. The predicted octanol–water partition coefficient (Wildman–Crippen LogP) is 4.06. The summed E-state index contributed by atoms with van der Waals surface area (Å²) in [5.41, 5.74) is 2.37. The minimum Gasteiger partial charge on any atom is -0.506 e. The Bertz CT molecular complexity index is 307. The Balaban J connectivity index is 3.01. The van der Waals surface area contributed by atoms with Crippen LogP contribution in [0.1, 0.15) is 37.8 Å². The maximum Gasteiger partial charge on any atom is 0.132 e. The molecule has 0 bridgehead atoms. The molecule has 0 unspecified atom stereocenters. The van der Waals surface area contributed by atoms with Crippen molar-refractivity contribution in [1.82, 2.24) is 0 Å². The Hall–Kier alpha value is -0.500. The zero-order chi connectivity index (χ0) is 10.6. The lowest BCUT2D eigenvalue weighted by molar-refractivity contribution is 0.464. The molecule has 2 heteroatoms. The molecule has 0 aliphatic carbocycles. The number of benzene rings is 1. The summed E-state index contributed by atoms with van der Waals surface area (Å²) >= 11 is 3.39. The quantitative estimate of drug-likeness (QED) is 0.862. The molecule has 78 valence electrons. The smallest absolute Gasteiger partial charge is 0.132 e. The summed E-state index contributed by atoms with van der Waals surface area (Å²) in [6.45, 7) is 4.29. The monoisotopic (exact) mass is 256 g/mol. The summed E-state index contributed by atoms with van der Waals surface area (Å²) in [4.78, 5) is 0. The van der Waals surface area contributed by atoms with Crippen molar-refractivity contribution in [2.75, 3.05) is 0 Å². The Kier molecular flexibility index (Phi) is 4.46. The molecule has 14 heavy (non-hydrogen) atoms. The molecule has 1 N–H and O–H groups in total. The second kappa shape index (κ2) is 5.40. The fourth-order valence-corrected chi connectivity index (χ4v) is 2.16. The number of phenolic OH excluding ortho intramolecular Hbond substituents is 1. The highest BCUT2D eigenvalue weighted by Crippen LogP contribution is 2.30. The molecule has 0 spiro atoms. The van der Waals surface area contributed by atoms with Crippen LogP contribution in [0.5, 0.6) is 5.75 Å². The maximum atomic E-state index is 9.77. The molecule has 1 aromatic rings. The highest BCUT2D eigenvalue weighted by molar-refractivity contribution is 9.10. The molecule has 1 aromatic carbocycles. The molecule has 0 aliphatic heterocycles. The minimum absolute atomic E-state index is 0.409. The molecule has 0 aliphatic rings. The zero-order valence-electron chi connectivity index (χ0n) is 8.81. The lowest BCUT2D eigenvalue weighted by Crippen LogP contribution is -1.90. The number of hydrogen-bond acceptors (Lipinski definition) is 1. The van der Waals surface area contributed by atoms with Crippen LogP contribution in [0.25, 0.3) is 0 Å². The van der Waals surface area contributed by atoms with Crippen LogP contribution in [0.3, 0.4) is 0 Å². The molecule has 0 heterocycles. The van der Waals surface area contributed by atoms with E-state index < -0.39 is 0 Å². The SMILES string of the molecule is CCCc1cc(Br)c(O)c(CCC)c1. The van der Waals surface area contributed by atoms with Crippen LogP contribution < -0.4 is 0 Å². The van der Waals surface area contributed by atoms with Crippen LogP contribution >= 0.6 is 15.9 Å². The number of phenols is 1. The molecule has 0 atom stereocenters. The summed E-state index contributed by atoms with van der Waals surface area (Å²) in [6.07, 6.45) is 4.23. The predicted molar refractivity (Wildman–Crippen MR) is 63.8 cm³/mol. The van der Waals surface area contributed by atoms with E-state index in [4.69, 9.17) is 0 Å². The first-order valence-corrected chi connectivity index (χ1v) is 5.98. The van der Waals surface area contributed by atoms with Crippen molar-refractivity contribution in [1.29, 1.82) is 0 Å². The van der Waals surface area contributed by atoms with Crippen LogP contribution in [0.15, 0.2) is 16.6 Å². The fraction of sp³-hybridized carbons (Fsp3) is 0.500. The standard InChI is InChI=1S/C12H17BrO/c1-3-5-9-7-10(6-4-2)12(14)11(13)8-9/h7-8,14H,3-6H2,1-2H3. The minimum atomic E-state index is 0.409. The number of aromatic hydroxyl groups is 1. The van der Waals surface area contributed by atoms with Gasteiger partial charge in [0.2, 0.25) is 0 Å². The maximum absolute atomic E-state index is 9.77. The van der Waals surface area contributed by atoms with Gasteiger partial charge in [0.1, 0.15) is 5.75 Å². The summed E-state index contributed by atoms with van der Waals surface area (Å²) < 4.78 is 0.826. The average Bonchev–Trinajstić information content (AvgIpc) is 2.14. The average molecular weight is 257 g/mol. The van der Waals surface area contributed by atoms with Gasteiger partial charge in [-0.25, -0.2) is 0 Å². The molecule has 0 amide bonds. The summed E-state index contributed by atoms with van der Waals surface area (Å²) in [5.74, 6) is 0.409. The molecule has 0 saturated heterocycles. The van der Waals surface area contributed by atoms with Crippen LogP contribution in [-0.2, 0) is 12.8 Å². The van der Waals surface area contributed by atoms with Crippen LogP contribution in [0.2, 0.25) is 0 Å². The van der Waals surface area contributed by atoms with Gasteiger partial charge in [-0.15, -0.1) is 0 Å². The topological polar surface area (TPSA) is 20.2 Å². The molecule has 1 nitrogen and oxygen atoms in total. The van der Waals surface area contributed by atoms with Crippen molar-refractivity contribution in [3.8, 4) is 5.75 Å². The number of halogens is 1. The van der Waals surface area contributed by atoms with Gasteiger partial charge in [-0.3, -0.25) is 0 Å². The van der Waals surface area contributed by atoms with Crippen LogP contribution in [0, 0.1) is 0 Å². The number of rotatable bonds is 4. The molecular weight excluding hydrogens is 240 g/mol. The second-order valence-electron chi connectivity index (χ2n) is 3.59. The van der Waals surface area contributed by atoms with E-state index in [1.54, 1.807) is 0 Å². The number of aryl methyl sites for hydroxylation is 2. The molecule has 0 saturated carbocycles. The van der Waals surface area contributed by atoms with E-state index in [0.29, 0.717) is 5.75 Å². The van der Waals surface area contributed by atoms with Crippen molar-refractivity contribution in [2.45, 2.75) is 39.5 Å². The zero-order valence-corrected chi connectivity index (χ0v) is 10.4. The van der Waals surface area contributed by atoms with Crippen LogP contribution in [0.4, 0.5) is 0 Å². The van der Waals surface area contributed by atoms with E-state index in [1.807, 2.05) is 6.07 Å². The van der Waals surface area contributed by atoms with E-state index in [0.717, 1.165) is 35.7 Å². The molecule has 0 fully saturated rings. The van der Waals surface area contributed by atoms with Gasteiger partial charge in [-0.2, -0.15) is 0 Å². The fourth-order valence-electron chi connectivity index (χ4n) is 1.61. The highest BCUT2D eigenvalue weighted by Gasteiger charge is 2.06. The first-order chi connectivity index (χ1) is 6.69. The molecule has 0 radical (unpaired) electrons. The number of hydrogen-bond donors (Lipinski definition) is 1. The molecular formula is C12H17BrO. The third-order valence-electron chi connectivity index (χ3n) is 2.26. The van der Waals surface area contributed by atoms with Gasteiger partial charge in [0, 0.05) is 0 Å². The van der Waals surface area contributed by atoms with Crippen molar-refractivity contribution >= 4 is 15.9 Å². The van der Waals surface area contributed by atoms with Gasteiger partial charge < -0.3 is 5.11 Å². The summed E-state index contributed by atoms with van der Waals surface area (Å²) in [6, 6.07) is 4.13. The molecule has 0 aromatic heterocycles. The third-order valence-corrected chi connectivity index (χ3v) is 2.86. The van der Waals surface area contributed by atoms with Gasteiger partial charge >= 0.3 is 0 Å². The van der Waals surface area contributed by atoms with E-state index in [9.17, 15) is 5.11 Å². The van der Waals surface area contributed by atoms with Gasteiger partial charge in [0.25, 0.3) is 0 Å². The van der Waals surface area contributed by atoms with Crippen LogP contribution in [-0.4, -0.2) is 5.11 Å². The summed E-state index contributed by atoms with van der Waals surface area (Å²) in [7, 11) is 0. The van der Waals surface area contributed by atoms with Crippen molar-refractivity contribution in [2.24, 2.45) is 0 Å². The van der Waals surface area contributed by atoms with Crippen molar-refractivity contribution < 1.29 is 5.11 Å². The lowest BCUT2D eigenvalue weighted by atomic mass is 10.0. The first-order valence-electron chi connectivity index (χ1n) is 5.19. The van der Waals surface area contributed by atoms with Gasteiger partial charge in [0.05, 0.1) is 4.47 Å². The van der Waals surface area contributed by atoms with E-state index in [1.165, 1.54) is 5.56 Å². The Morgan fingerprint density at radius 2 is 1.79 bits per heavy atom. The molecule has 1 rings (SSSR count). The lowest BCUT2D eigenvalue weighted by Gasteiger charge is -2.08. The highest BCUT2D eigenvalue weighted by atomic mass is 79.9. The normalized spacial score (nSPS) is 10.5. The third kappa shape index (κ3) is 2.74. The largest absolute Gasteiger partial charge is 0.506 e. The second-order valence-corrected chi connectivity index (χ2v) is 4.44. The van der Waals surface area contributed by atoms with Gasteiger partial charge in [-0.1, -0.05) is 32.8 Å². The first kappa shape index (κ1) is 11.6. The Morgan fingerprint density at radius 3 is 2.36 bits per heavy atom. The van der Waals surface area contributed by atoms with E-state index in [2.05, 4.69) is 35.8 Å². The van der Waals surface area contributed by atoms with E-state index in [-0.39, 0.29) is 0 Å². The Morgan fingerprint density at radius 1 is 1.14 bits per heavy atom. The van der Waals surface area contributed by atoms with E-state index >= 15 is 0 Å². The van der Waals surface area contributed by atoms with Crippen molar-refractivity contribution in [3.63, 3.8) is 0 Å².